The van der Waals surface area contributed by atoms with Crippen LogP contribution in [0.3, 0.4) is 0 Å². The molecular weight excluding hydrogens is 266 g/mol. The average molecular weight is 287 g/mol. The van der Waals surface area contributed by atoms with E-state index in [1.807, 2.05) is 24.3 Å². The molecule has 0 unspecified atom stereocenters. The number of ether oxygens (including phenoxy) is 1. The number of methoxy groups -OCH3 is 1. The molecule has 6 nitrogen and oxygen atoms in total. The van der Waals surface area contributed by atoms with Crippen LogP contribution in [-0.4, -0.2) is 23.6 Å². The molecule has 1 heterocycles. The van der Waals surface area contributed by atoms with Crippen LogP contribution in [0.4, 0.5) is 11.6 Å². The molecule has 0 fully saturated rings. The molecule has 112 valence electrons. The van der Waals surface area contributed by atoms with E-state index in [4.69, 9.17) is 10.6 Å². The SMILES string of the molecule is CCN(Cc1ccccc1)c1cc(NN)nc(COC)n1. The van der Waals surface area contributed by atoms with Gasteiger partial charge in [0.25, 0.3) is 0 Å². The van der Waals surface area contributed by atoms with E-state index in [2.05, 4.69) is 39.4 Å². The van der Waals surface area contributed by atoms with Crippen molar-refractivity contribution in [3.05, 3.63) is 47.8 Å². The van der Waals surface area contributed by atoms with Crippen LogP contribution in [0.25, 0.3) is 0 Å². The van der Waals surface area contributed by atoms with Crippen molar-refractivity contribution in [2.75, 3.05) is 24.0 Å². The quantitative estimate of drug-likeness (QED) is 0.598. The Morgan fingerprint density at radius 3 is 2.62 bits per heavy atom. The molecule has 0 atom stereocenters. The summed E-state index contributed by atoms with van der Waals surface area (Å²) < 4.78 is 5.10. The summed E-state index contributed by atoms with van der Waals surface area (Å²) in [6, 6.07) is 12.1. The molecule has 0 amide bonds. The molecule has 21 heavy (non-hydrogen) atoms. The lowest BCUT2D eigenvalue weighted by molar-refractivity contribution is 0.178. The minimum atomic E-state index is 0.353. The highest BCUT2D eigenvalue weighted by atomic mass is 16.5. The Hall–Kier alpha value is -2.18. The second-order valence-corrected chi connectivity index (χ2v) is 4.60. The highest BCUT2D eigenvalue weighted by Gasteiger charge is 2.11. The van der Waals surface area contributed by atoms with Crippen molar-refractivity contribution in [1.82, 2.24) is 9.97 Å². The van der Waals surface area contributed by atoms with Crippen LogP contribution in [0.1, 0.15) is 18.3 Å². The maximum atomic E-state index is 5.48. The van der Waals surface area contributed by atoms with Crippen LogP contribution in [0.5, 0.6) is 0 Å². The standard InChI is InChI=1S/C15H21N5O/c1-3-20(10-12-7-5-4-6-8-12)15-9-13(19-16)17-14(18-15)11-21-2/h4-9H,3,10-11,16H2,1-2H3,(H,17,18,19). The summed E-state index contributed by atoms with van der Waals surface area (Å²) in [7, 11) is 1.62. The van der Waals surface area contributed by atoms with Gasteiger partial charge in [-0.25, -0.2) is 15.8 Å². The summed E-state index contributed by atoms with van der Waals surface area (Å²) in [4.78, 5) is 11.0. The van der Waals surface area contributed by atoms with Gasteiger partial charge in [0.05, 0.1) is 0 Å². The van der Waals surface area contributed by atoms with Crippen molar-refractivity contribution in [3.8, 4) is 0 Å². The first kappa shape index (κ1) is 15.2. The van der Waals surface area contributed by atoms with E-state index in [9.17, 15) is 0 Å². The normalized spacial score (nSPS) is 10.4. The van der Waals surface area contributed by atoms with Crippen LogP contribution in [0.2, 0.25) is 0 Å². The summed E-state index contributed by atoms with van der Waals surface area (Å²) in [6.07, 6.45) is 0. The van der Waals surface area contributed by atoms with Gasteiger partial charge in [0, 0.05) is 26.3 Å². The Morgan fingerprint density at radius 2 is 2.00 bits per heavy atom. The van der Waals surface area contributed by atoms with E-state index in [0.717, 1.165) is 18.9 Å². The van der Waals surface area contributed by atoms with Crippen LogP contribution in [0.15, 0.2) is 36.4 Å². The first-order chi connectivity index (χ1) is 10.3. The van der Waals surface area contributed by atoms with Gasteiger partial charge in [-0.15, -0.1) is 0 Å². The van der Waals surface area contributed by atoms with E-state index in [1.165, 1.54) is 5.56 Å². The molecule has 3 N–H and O–H groups in total. The van der Waals surface area contributed by atoms with Crippen molar-refractivity contribution in [3.63, 3.8) is 0 Å². The number of nitrogen functional groups attached to an aromatic ring is 1. The van der Waals surface area contributed by atoms with Crippen LogP contribution in [-0.2, 0) is 17.9 Å². The minimum absolute atomic E-state index is 0.353. The minimum Gasteiger partial charge on any atom is -0.377 e. The van der Waals surface area contributed by atoms with Crippen molar-refractivity contribution in [2.45, 2.75) is 20.1 Å². The lowest BCUT2D eigenvalue weighted by Gasteiger charge is -2.23. The van der Waals surface area contributed by atoms with Gasteiger partial charge in [0.2, 0.25) is 0 Å². The second kappa shape index (κ2) is 7.56. The number of nitrogens with two attached hydrogens (primary N) is 1. The zero-order chi connectivity index (χ0) is 15.1. The predicted molar refractivity (Wildman–Crippen MR) is 83.7 cm³/mol. The average Bonchev–Trinajstić information content (AvgIpc) is 2.53. The fourth-order valence-electron chi connectivity index (χ4n) is 2.07. The Morgan fingerprint density at radius 1 is 1.24 bits per heavy atom. The summed E-state index contributed by atoms with van der Waals surface area (Å²) in [5, 5.41) is 0. The van der Waals surface area contributed by atoms with Gasteiger partial charge in [-0.05, 0) is 12.5 Å². The molecule has 0 spiro atoms. The van der Waals surface area contributed by atoms with Gasteiger partial charge >= 0.3 is 0 Å². The van der Waals surface area contributed by atoms with Crippen LogP contribution in [0, 0.1) is 0 Å². The molecule has 0 saturated carbocycles. The highest BCUT2D eigenvalue weighted by molar-refractivity contribution is 5.49. The number of hydrogen-bond acceptors (Lipinski definition) is 6. The fourth-order valence-corrected chi connectivity index (χ4v) is 2.07. The number of anilines is 2. The summed E-state index contributed by atoms with van der Waals surface area (Å²) >= 11 is 0. The van der Waals surface area contributed by atoms with E-state index < -0.39 is 0 Å². The van der Waals surface area contributed by atoms with Crippen molar-refractivity contribution in [1.29, 1.82) is 0 Å². The van der Waals surface area contributed by atoms with E-state index in [-0.39, 0.29) is 0 Å². The molecule has 2 aromatic rings. The van der Waals surface area contributed by atoms with Crippen LogP contribution < -0.4 is 16.2 Å². The third-order valence-corrected chi connectivity index (χ3v) is 3.10. The number of aromatic nitrogens is 2. The zero-order valence-electron chi connectivity index (χ0n) is 12.4. The molecule has 1 aromatic heterocycles. The summed E-state index contributed by atoms with van der Waals surface area (Å²) in [6.45, 7) is 4.06. The fraction of sp³-hybridized carbons (Fsp3) is 0.333. The number of benzene rings is 1. The maximum Gasteiger partial charge on any atom is 0.158 e. The number of nitrogens with zero attached hydrogens (tertiary/aromatic N) is 3. The number of rotatable bonds is 7. The molecule has 0 saturated heterocycles. The smallest absolute Gasteiger partial charge is 0.158 e. The van der Waals surface area contributed by atoms with E-state index in [1.54, 1.807) is 7.11 Å². The number of hydrazine groups is 1. The van der Waals surface area contributed by atoms with Gasteiger partial charge < -0.3 is 15.1 Å². The third-order valence-electron chi connectivity index (χ3n) is 3.10. The largest absolute Gasteiger partial charge is 0.377 e. The Balaban J connectivity index is 2.26. The van der Waals surface area contributed by atoms with E-state index >= 15 is 0 Å². The molecule has 1 aromatic carbocycles. The van der Waals surface area contributed by atoms with Gasteiger partial charge in [-0.1, -0.05) is 30.3 Å². The molecule has 0 bridgehead atoms. The Kier molecular flexibility index (Phi) is 5.48. The topological polar surface area (TPSA) is 76.3 Å². The summed E-state index contributed by atoms with van der Waals surface area (Å²) in [5.41, 5.74) is 3.81. The maximum absolute atomic E-state index is 5.48. The lowest BCUT2D eigenvalue weighted by Crippen LogP contribution is -2.24. The van der Waals surface area contributed by atoms with Gasteiger partial charge in [0.15, 0.2) is 5.82 Å². The Labute approximate surface area is 124 Å². The van der Waals surface area contributed by atoms with Crippen molar-refractivity contribution < 1.29 is 4.74 Å². The summed E-state index contributed by atoms with van der Waals surface area (Å²) in [5.74, 6) is 7.50. The highest BCUT2D eigenvalue weighted by Crippen LogP contribution is 2.18. The van der Waals surface area contributed by atoms with Crippen LogP contribution >= 0.6 is 0 Å². The van der Waals surface area contributed by atoms with Gasteiger partial charge in [-0.2, -0.15) is 0 Å². The first-order valence-electron chi connectivity index (χ1n) is 6.89. The Bertz CT molecular complexity index is 561. The lowest BCUT2D eigenvalue weighted by atomic mass is 10.2. The molecule has 0 radical (unpaired) electrons. The molecule has 0 aliphatic rings. The molecular formula is C15H21N5O. The number of hydrogen-bond donors (Lipinski definition) is 2. The predicted octanol–water partition coefficient (Wildman–Crippen LogP) is 1.94. The number of nitrogens with one attached hydrogen (secondary N) is 1. The second-order valence-electron chi connectivity index (χ2n) is 4.60. The zero-order valence-corrected chi connectivity index (χ0v) is 12.4. The first-order valence-corrected chi connectivity index (χ1v) is 6.89. The van der Waals surface area contributed by atoms with Gasteiger partial charge in [-0.3, -0.25) is 0 Å². The van der Waals surface area contributed by atoms with E-state index in [0.29, 0.717) is 18.2 Å². The molecule has 2 rings (SSSR count). The van der Waals surface area contributed by atoms with Crippen molar-refractivity contribution >= 4 is 11.6 Å². The molecule has 0 aliphatic carbocycles. The monoisotopic (exact) mass is 287 g/mol. The van der Waals surface area contributed by atoms with Crippen molar-refractivity contribution in [2.24, 2.45) is 5.84 Å². The third kappa shape index (κ3) is 4.14. The molecule has 6 heteroatoms. The van der Waals surface area contributed by atoms with Gasteiger partial charge in [0.1, 0.15) is 18.2 Å². The molecule has 0 aliphatic heterocycles.